The summed E-state index contributed by atoms with van der Waals surface area (Å²) < 4.78 is 0. The fourth-order valence-corrected chi connectivity index (χ4v) is 1.81. The number of nitrogens with zero attached hydrogens (tertiary/aromatic N) is 2. The molecule has 2 rings (SSSR count). The van der Waals surface area contributed by atoms with E-state index in [0.29, 0.717) is 5.56 Å². The van der Waals surface area contributed by atoms with E-state index in [1.165, 1.54) is 19.3 Å². The summed E-state index contributed by atoms with van der Waals surface area (Å²) in [7, 11) is 0. The van der Waals surface area contributed by atoms with Gasteiger partial charge < -0.3 is 5.32 Å². The minimum absolute atomic E-state index is 0.680. The molecule has 0 unspecified atom stereocenters. The van der Waals surface area contributed by atoms with Crippen LogP contribution in [0.15, 0.2) is 29.3 Å². The van der Waals surface area contributed by atoms with Crippen LogP contribution in [0.5, 0.6) is 0 Å². The molecule has 1 aromatic rings. The Kier molecular flexibility index (Phi) is 3.55. The normalized spacial score (nSPS) is 15.8. The van der Waals surface area contributed by atoms with Gasteiger partial charge in [0.1, 0.15) is 5.84 Å². The van der Waals surface area contributed by atoms with Crippen molar-refractivity contribution in [2.45, 2.75) is 25.7 Å². The fraction of sp³-hybridized carbons (Fsp3) is 0.385. The topological polar surface area (TPSA) is 48.2 Å². The SMILES string of the molecule is N#Cc1cccc(NC2=NCCCCC2)c1. The van der Waals surface area contributed by atoms with Crippen molar-refractivity contribution in [3.63, 3.8) is 0 Å². The molecule has 0 radical (unpaired) electrons. The van der Waals surface area contributed by atoms with Gasteiger partial charge in [-0.15, -0.1) is 0 Å². The van der Waals surface area contributed by atoms with Crippen LogP contribution >= 0.6 is 0 Å². The standard InChI is InChI=1S/C13H15N3/c14-10-11-5-4-6-12(9-11)16-13-7-2-1-3-8-15-13/h4-6,9H,1-3,7-8H2,(H,15,16). The summed E-state index contributed by atoms with van der Waals surface area (Å²) in [6, 6.07) is 9.65. The minimum atomic E-state index is 0.680. The lowest BCUT2D eigenvalue weighted by atomic mass is 10.2. The second kappa shape index (κ2) is 5.32. The highest BCUT2D eigenvalue weighted by Gasteiger charge is 2.04. The van der Waals surface area contributed by atoms with E-state index in [4.69, 9.17) is 5.26 Å². The molecule has 3 heteroatoms. The highest BCUT2D eigenvalue weighted by molar-refractivity contribution is 5.95. The molecule has 1 aliphatic rings. The highest BCUT2D eigenvalue weighted by Crippen LogP contribution is 2.13. The first-order chi connectivity index (χ1) is 7.88. The molecule has 1 aliphatic heterocycles. The van der Waals surface area contributed by atoms with Gasteiger partial charge in [-0.1, -0.05) is 12.5 Å². The Morgan fingerprint density at radius 1 is 1.25 bits per heavy atom. The van der Waals surface area contributed by atoms with Crippen LogP contribution in [0, 0.1) is 11.3 Å². The minimum Gasteiger partial charge on any atom is -0.344 e. The van der Waals surface area contributed by atoms with Gasteiger partial charge in [0.15, 0.2) is 0 Å². The first-order valence-electron chi connectivity index (χ1n) is 5.69. The number of nitrogens with one attached hydrogen (secondary N) is 1. The van der Waals surface area contributed by atoms with E-state index in [1.54, 1.807) is 6.07 Å². The van der Waals surface area contributed by atoms with E-state index < -0.39 is 0 Å². The molecule has 1 heterocycles. The molecule has 16 heavy (non-hydrogen) atoms. The van der Waals surface area contributed by atoms with Crippen LogP contribution in [0.4, 0.5) is 5.69 Å². The Morgan fingerprint density at radius 3 is 3.06 bits per heavy atom. The van der Waals surface area contributed by atoms with Gasteiger partial charge in [0.2, 0.25) is 0 Å². The van der Waals surface area contributed by atoms with Crippen LogP contribution in [0.25, 0.3) is 0 Å². The summed E-state index contributed by atoms with van der Waals surface area (Å²) in [5.41, 5.74) is 1.64. The predicted octanol–water partition coefficient (Wildman–Crippen LogP) is 2.94. The largest absolute Gasteiger partial charge is 0.344 e. The molecule has 0 saturated carbocycles. The third-order valence-electron chi connectivity index (χ3n) is 2.65. The first kappa shape index (κ1) is 10.7. The molecule has 1 aromatic carbocycles. The lowest BCUT2D eigenvalue weighted by Gasteiger charge is -2.08. The van der Waals surface area contributed by atoms with Gasteiger partial charge in [-0.2, -0.15) is 5.26 Å². The second-order valence-electron chi connectivity index (χ2n) is 3.96. The number of hydrogen-bond donors (Lipinski definition) is 1. The Bertz CT molecular complexity index is 429. The molecule has 0 bridgehead atoms. The zero-order valence-electron chi connectivity index (χ0n) is 9.24. The van der Waals surface area contributed by atoms with Crippen LogP contribution in [-0.4, -0.2) is 12.4 Å². The number of benzene rings is 1. The predicted molar refractivity (Wildman–Crippen MR) is 65.5 cm³/mol. The van der Waals surface area contributed by atoms with E-state index in [2.05, 4.69) is 16.4 Å². The van der Waals surface area contributed by atoms with Crippen molar-refractivity contribution < 1.29 is 0 Å². The number of anilines is 1. The quantitative estimate of drug-likeness (QED) is 0.779. The van der Waals surface area contributed by atoms with E-state index in [9.17, 15) is 0 Å². The third kappa shape index (κ3) is 2.83. The Balaban J connectivity index is 2.08. The van der Waals surface area contributed by atoms with Crippen molar-refractivity contribution in [3.8, 4) is 6.07 Å². The Labute approximate surface area is 95.8 Å². The molecular formula is C13H15N3. The van der Waals surface area contributed by atoms with Crippen molar-refractivity contribution in [1.82, 2.24) is 0 Å². The Hall–Kier alpha value is -1.82. The summed E-state index contributed by atoms with van der Waals surface area (Å²) in [4.78, 5) is 4.50. The lowest BCUT2D eigenvalue weighted by molar-refractivity contribution is 0.731. The van der Waals surface area contributed by atoms with Crippen LogP contribution < -0.4 is 5.32 Å². The molecule has 0 amide bonds. The number of nitriles is 1. The molecule has 1 N–H and O–H groups in total. The number of amidine groups is 1. The molecule has 0 fully saturated rings. The summed E-state index contributed by atoms with van der Waals surface area (Å²) in [5.74, 6) is 1.05. The second-order valence-corrected chi connectivity index (χ2v) is 3.96. The monoisotopic (exact) mass is 213 g/mol. The summed E-state index contributed by atoms with van der Waals surface area (Å²) in [6.07, 6.45) is 4.65. The average molecular weight is 213 g/mol. The first-order valence-corrected chi connectivity index (χ1v) is 5.69. The maximum Gasteiger partial charge on any atom is 0.101 e. The highest BCUT2D eigenvalue weighted by atomic mass is 15.0. The van der Waals surface area contributed by atoms with Gasteiger partial charge in [0, 0.05) is 18.7 Å². The molecule has 3 nitrogen and oxygen atoms in total. The molecule has 0 saturated heterocycles. The van der Waals surface area contributed by atoms with Crippen molar-refractivity contribution in [1.29, 1.82) is 5.26 Å². The van der Waals surface area contributed by atoms with Crippen molar-refractivity contribution >= 4 is 11.5 Å². The van der Waals surface area contributed by atoms with Crippen LogP contribution in [0.2, 0.25) is 0 Å². The fourth-order valence-electron chi connectivity index (χ4n) is 1.81. The summed E-state index contributed by atoms with van der Waals surface area (Å²) >= 11 is 0. The summed E-state index contributed by atoms with van der Waals surface area (Å²) in [6.45, 7) is 0.917. The van der Waals surface area contributed by atoms with Gasteiger partial charge in [-0.05, 0) is 31.0 Å². The van der Waals surface area contributed by atoms with Crippen LogP contribution in [0.1, 0.15) is 31.2 Å². The maximum atomic E-state index is 8.80. The third-order valence-corrected chi connectivity index (χ3v) is 2.65. The van der Waals surface area contributed by atoms with E-state index in [0.717, 1.165) is 24.5 Å². The van der Waals surface area contributed by atoms with Gasteiger partial charge in [-0.3, -0.25) is 4.99 Å². The molecule has 0 spiro atoms. The van der Waals surface area contributed by atoms with Crippen molar-refractivity contribution in [2.24, 2.45) is 4.99 Å². The summed E-state index contributed by atoms with van der Waals surface area (Å²) in [5, 5.41) is 12.1. The maximum absolute atomic E-state index is 8.80. The molecule has 0 atom stereocenters. The van der Waals surface area contributed by atoms with E-state index in [1.807, 2.05) is 18.2 Å². The lowest BCUT2D eigenvalue weighted by Crippen LogP contribution is -2.11. The molecule has 0 aromatic heterocycles. The van der Waals surface area contributed by atoms with Crippen molar-refractivity contribution in [3.05, 3.63) is 29.8 Å². The number of hydrogen-bond acceptors (Lipinski definition) is 3. The van der Waals surface area contributed by atoms with Crippen molar-refractivity contribution in [2.75, 3.05) is 11.9 Å². The van der Waals surface area contributed by atoms with E-state index in [-0.39, 0.29) is 0 Å². The van der Waals surface area contributed by atoms with Gasteiger partial charge in [-0.25, -0.2) is 0 Å². The Morgan fingerprint density at radius 2 is 2.19 bits per heavy atom. The van der Waals surface area contributed by atoms with Crippen LogP contribution in [-0.2, 0) is 0 Å². The smallest absolute Gasteiger partial charge is 0.101 e. The molecular weight excluding hydrogens is 198 g/mol. The molecule has 82 valence electrons. The number of aliphatic imine (C=N–C) groups is 1. The van der Waals surface area contributed by atoms with Crippen LogP contribution in [0.3, 0.4) is 0 Å². The zero-order valence-corrected chi connectivity index (χ0v) is 9.24. The number of rotatable bonds is 1. The van der Waals surface area contributed by atoms with E-state index >= 15 is 0 Å². The molecule has 0 aliphatic carbocycles. The van der Waals surface area contributed by atoms with Gasteiger partial charge >= 0.3 is 0 Å². The average Bonchev–Trinajstić information content (AvgIpc) is 2.58. The van der Waals surface area contributed by atoms with Gasteiger partial charge in [0.05, 0.1) is 11.6 Å². The zero-order chi connectivity index (χ0) is 11.2. The van der Waals surface area contributed by atoms with Gasteiger partial charge in [0.25, 0.3) is 0 Å².